The fraction of sp³-hybridized carbons (Fsp3) is 0.625. The molecule has 0 aliphatic heterocycles. The van der Waals surface area contributed by atoms with Gasteiger partial charge in [-0.2, -0.15) is 0 Å². The van der Waals surface area contributed by atoms with E-state index in [9.17, 15) is 9.59 Å². The summed E-state index contributed by atoms with van der Waals surface area (Å²) in [6, 6.07) is 0.0375. The van der Waals surface area contributed by atoms with Crippen LogP contribution >= 0.6 is 33.9 Å². The summed E-state index contributed by atoms with van der Waals surface area (Å²) in [6.45, 7) is 7.72. The molecule has 2 rings (SSSR count). The fourth-order valence-electron chi connectivity index (χ4n) is 2.47. The number of amides is 1. The van der Waals surface area contributed by atoms with Gasteiger partial charge < -0.3 is 14.8 Å². The molecule has 1 aromatic heterocycles. The van der Waals surface area contributed by atoms with Crippen LogP contribution in [0.25, 0.3) is 0 Å². The molecule has 0 radical (unpaired) electrons. The van der Waals surface area contributed by atoms with Crippen LogP contribution in [0.15, 0.2) is 0 Å². The summed E-state index contributed by atoms with van der Waals surface area (Å²) in [5.74, 6) is -0.257. The monoisotopic (exact) mass is 451 g/mol. The molecule has 0 fully saturated rings. The Hall–Kier alpha value is -0.830. The zero-order valence-electron chi connectivity index (χ0n) is 13.8. The molecule has 1 aromatic rings. The molecule has 1 atom stereocenters. The molecule has 5 nitrogen and oxygen atoms in total. The molecular formula is C16H22INO4S. The van der Waals surface area contributed by atoms with E-state index < -0.39 is 5.60 Å². The van der Waals surface area contributed by atoms with Crippen molar-refractivity contribution in [3.8, 4) is 0 Å². The van der Waals surface area contributed by atoms with Crippen molar-refractivity contribution in [1.82, 2.24) is 5.32 Å². The molecule has 1 unspecified atom stereocenters. The summed E-state index contributed by atoms with van der Waals surface area (Å²) < 4.78 is 11.4. The van der Waals surface area contributed by atoms with Crippen LogP contribution < -0.4 is 5.32 Å². The summed E-state index contributed by atoms with van der Waals surface area (Å²) in [6.07, 6.45) is 2.05. The number of halogens is 1. The van der Waals surface area contributed by atoms with Crippen molar-refractivity contribution in [1.29, 1.82) is 0 Å². The topological polar surface area (TPSA) is 64.6 Å². The van der Waals surface area contributed by atoms with E-state index in [1.807, 2.05) is 20.8 Å². The van der Waals surface area contributed by atoms with Crippen LogP contribution in [0.4, 0.5) is 4.79 Å². The Morgan fingerprint density at radius 3 is 2.70 bits per heavy atom. The summed E-state index contributed by atoms with van der Waals surface area (Å²) in [5.41, 5.74) is 0.656. The summed E-state index contributed by atoms with van der Waals surface area (Å²) in [4.78, 5) is 25.8. The predicted molar refractivity (Wildman–Crippen MR) is 98.2 cm³/mol. The van der Waals surface area contributed by atoms with E-state index in [0.29, 0.717) is 11.5 Å². The van der Waals surface area contributed by atoms with Crippen LogP contribution in [0.3, 0.4) is 0 Å². The van der Waals surface area contributed by atoms with Crippen molar-refractivity contribution in [2.45, 2.75) is 58.6 Å². The maximum atomic E-state index is 12.0. The molecule has 0 aromatic carbocycles. The zero-order chi connectivity index (χ0) is 17.2. The number of thiophene rings is 1. The van der Waals surface area contributed by atoms with Crippen molar-refractivity contribution >= 4 is 46.0 Å². The highest BCUT2D eigenvalue weighted by molar-refractivity contribution is 14.1. The lowest BCUT2D eigenvalue weighted by Gasteiger charge is -2.26. The molecule has 23 heavy (non-hydrogen) atoms. The lowest BCUT2D eigenvalue weighted by atomic mass is 9.94. The molecule has 7 heteroatoms. The number of fused-ring (bicyclic) bond motifs is 1. The normalized spacial score (nSPS) is 17.3. The Bertz CT molecular complexity index is 606. The number of nitrogens with one attached hydrogen (secondary N) is 1. The van der Waals surface area contributed by atoms with Gasteiger partial charge in [0.25, 0.3) is 0 Å². The minimum Gasteiger partial charge on any atom is -0.462 e. The zero-order valence-corrected chi connectivity index (χ0v) is 16.8. The Balaban J connectivity index is 2.06. The Morgan fingerprint density at radius 1 is 1.39 bits per heavy atom. The van der Waals surface area contributed by atoms with Gasteiger partial charge in [0.15, 0.2) is 0 Å². The van der Waals surface area contributed by atoms with E-state index in [2.05, 4.69) is 27.9 Å². The first-order valence-electron chi connectivity index (χ1n) is 7.68. The number of carbonyl (C=O) groups excluding carboxylic acids is 2. The number of esters is 1. The highest BCUT2D eigenvalue weighted by atomic mass is 127. The first kappa shape index (κ1) is 18.5. The first-order chi connectivity index (χ1) is 10.7. The van der Waals surface area contributed by atoms with Gasteiger partial charge in [-0.1, -0.05) is 0 Å². The third-order valence-electron chi connectivity index (χ3n) is 3.38. The van der Waals surface area contributed by atoms with Crippen molar-refractivity contribution < 1.29 is 19.1 Å². The van der Waals surface area contributed by atoms with Gasteiger partial charge in [0, 0.05) is 14.5 Å². The lowest BCUT2D eigenvalue weighted by molar-refractivity contribution is 0.0496. The molecule has 0 bridgehead atoms. The maximum Gasteiger partial charge on any atom is 0.407 e. The summed E-state index contributed by atoms with van der Waals surface area (Å²) >= 11 is 3.72. The number of hydrogen-bond acceptors (Lipinski definition) is 5. The first-order valence-corrected chi connectivity index (χ1v) is 9.57. The molecule has 1 amide bonds. The van der Waals surface area contributed by atoms with E-state index in [-0.39, 0.29) is 18.1 Å². The van der Waals surface area contributed by atoms with Crippen LogP contribution in [0.2, 0.25) is 0 Å². The number of hydrogen-bond donors (Lipinski definition) is 1. The molecule has 1 aliphatic carbocycles. The third-order valence-corrected chi connectivity index (χ3v) is 6.21. The average Bonchev–Trinajstić information content (AvgIpc) is 2.74. The van der Waals surface area contributed by atoms with Crippen LogP contribution in [-0.4, -0.2) is 30.3 Å². The quantitative estimate of drug-likeness (QED) is 0.559. The third kappa shape index (κ3) is 4.82. The van der Waals surface area contributed by atoms with E-state index in [0.717, 1.165) is 28.4 Å². The largest absolute Gasteiger partial charge is 0.462 e. The van der Waals surface area contributed by atoms with Gasteiger partial charge in [0.05, 0.1) is 6.61 Å². The highest BCUT2D eigenvalue weighted by Crippen LogP contribution is 2.36. The van der Waals surface area contributed by atoms with Gasteiger partial charge in [-0.3, -0.25) is 0 Å². The van der Waals surface area contributed by atoms with Gasteiger partial charge in [-0.05, 0) is 75.1 Å². The highest BCUT2D eigenvalue weighted by Gasteiger charge is 2.29. The van der Waals surface area contributed by atoms with Gasteiger partial charge >= 0.3 is 12.1 Å². The van der Waals surface area contributed by atoms with Crippen LogP contribution in [0, 0.1) is 3.57 Å². The summed E-state index contributed by atoms with van der Waals surface area (Å²) in [5, 5.41) is 2.93. The SMILES string of the molecule is CCOC(=O)c1sc2c(c1I)CC(NC(=O)OC(C)(C)C)CC2. The van der Waals surface area contributed by atoms with Gasteiger partial charge in [-0.25, -0.2) is 9.59 Å². The van der Waals surface area contributed by atoms with Gasteiger partial charge in [-0.15, -0.1) is 11.3 Å². The van der Waals surface area contributed by atoms with Crippen LogP contribution in [0.1, 0.15) is 54.2 Å². The minimum absolute atomic E-state index is 0.0375. The lowest BCUT2D eigenvalue weighted by Crippen LogP contribution is -2.41. The van der Waals surface area contributed by atoms with Gasteiger partial charge in [0.1, 0.15) is 10.5 Å². The maximum absolute atomic E-state index is 12.0. The smallest absolute Gasteiger partial charge is 0.407 e. The Labute approximate surface area is 154 Å². The summed E-state index contributed by atoms with van der Waals surface area (Å²) in [7, 11) is 0. The van der Waals surface area contributed by atoms with Crippen molar-refractivity contribution in [3.63, 3.8) is 0 Å². The molecule has 1 N–H and O–H groups in total. The predicted octanol–water partition coefficient (Wildman–Crippen LogP) is 3.91. The average molecular weight is 451 g/mol. The second-order valence-electron chi connectivity index (χ2n) is 6.45. The van der Waals surface area contributed by atoms with E-state index in [1.54, 1.807) is 6.92 Å². The molecular weight excluding hydrogens is 429 g/mol. The molecule has 128 valence electrons. The number of carbonyl (C=O) groups is 2. The van der Waals surface area contributed by atoms with E-state index in [4.69, 9.17) is 9.47 Å². The van der Waals surface area contributed by atoms with Crippen LogP contribution in [0.5, 0.6) is 0 Å². The Morgan fingerprint density at radius 2 is 2.09 bits per heavy atom. The number of aryl methyl sites for hydroxylation is 1. The standard InChI is InChI=1S/C16H22INO4S/c1-5-21-14(19)13-12(17)10-8-9(6-7-11(10)23-13)18-15(20)22-16(2,3)4/h9H,5-8H2,1-4H3,(H,18,20). The van der Waals surface area contributed by atoms with Crippen molar-refractivity contribution in [2.24, 2.45) is 0 Å². The van der Waals surface area contributed by atoms with E-state index in [1.165, 1.54) is 16.2 Å². The second kappa shape index (κ2) is 7.38. The molecule has 0 spiro atoms. The second-order valence-corrected chi connectivity index (χ2v) is 8.64. The van der Waals surface area contributed by atoms with E-state index >= 15 is 0 Å². The number of rotatable bonds is 3. The van der Waals surface area contributed by atoms with Crippen LogP contribution in [-0.2, 0) is 22.3 Å². The molecule has 0 saturated heterocycles. The molecule has 1 heterocycles. The Kier molecular flexibility index (Phi) is 5.94. The number of alkyl carbamates (subject to hydrolysis) is 1. The fourth-order valence-corrected chi connectivity index (χ4v) is 4.88. The van der Waals surface area contributed by atoms with Crippen molar-refractivity contribution in [3.05, 3.63) is 18.9 Å². The minimum atomic E-state index is -0.502. The molecule has 1 aliphatic rings. The van der Waals surface area contributed by atoms with Gasteiger partial charge in [0.2, 0.25) is 0 Å². The van der Waals surface area contributed by atoms with Crippen molar-refractivity contribution in [2.75, 3.05) is 6.61 Å². The molecule has 0 saturated carbocycles. The number of ether oxygens (including phenoxy) is 2.